The summed E-state index contributed by atoms with van der Waals surface area (Å²) in [5.74, 6) is 3.20. The quantitative estimate of drug-likeness (QED) is 0.825. The van der Waals surface area contributed by atoms with Gasteiger partial charge in [0, 0.05) is 6.07 Å². The lowest BCUT2D eigenvalue weighted by Crippen LogP contribution is -2.10. The van der Waals surface area contributed by atoms with Crippen LogP contribution in [0.4, 0.5) is 0 Å². The average molecular weight is 221 g/mol. The van der Waals surface area contributed by atoms with Crippen molar-refractivity contribution in [2.24, 2.45) is 5.92 Å². The molecule has 1 aromatic rings. The van der Waals surface area contributed by atoms with E-state index in [4.69, 9.17) is 9.47 Å². The first-order chi connectivity index (χ1) is 7.80. The van der Waals surface area contributed by atoms with Crippen molar-refractivity contribution in [3.05, 3.63) is 23.8 Å². The normalized spacial score (nSPS) is 22.9. The SMILES string of the molecule is CNC[C@@H]1C[C@@H]1c1ccc(OC)cc1OC. The summed E-state index contributed by atoms with van der Waals surface area (Å²) in [6.45, 7) is 1.08. The van der Waals surface area contributed by atoms with E-state index in [2.05, 4.69) is 11.4 Å². The summed E-state index contributed by atoms with van der Waals surface area (Å²) in [4.78, 5) is 0. The molecule has 1 aromatic carbocycles. The third kappa shape index (κ3) is 2.14. The molecule has 0 heterocycles. The van der Waals surface area contributed by atoms with Crippen LogP contribution in [0.25, 0.3) is 0 Å². The van der Waals surface area contributed by atoms with Crippen LogP contribution in [0, 0.1) is 5.92 Å². The molecule has 0 unspecified atom stereocenters. The minimum Gasteiger partial charge on any atom is -0.497 e. The van der Waals surface area contributed by atoms with Crippen molar-refractivity contribution in [3.63, 3.8) is 0 Å². The molecule has 3 heteroatoms. The summed E-state index contributed by atoms with van der Waals surface area (Å²) in [5.41, 5.74) is 1.31. The van der Waals surface area contributed by atoms with Crippen LogP contribution in [-0.2, 0) is 0 Å². The highest BCUT2D eigenvalue weighted by molar-refractivity contribution is 5.45. The highest BCUT2D eigenvalue weighted by atomic mass is 16.5. The van der Waals surface area contributed by atoms with Gasteiger partial charge in [-0.2, -0.15) is 0 Å². The molecular formula is C13H19NO2. The van der Waals surface area contributed by atoms with Gasteiger partial charge in [-0.1, -0.05) is 6.07 Å². The average Bonchev–Trinajstić information content (AvgIpc) is 3.08. The van der Waals surface area contributed by atoms with E-state index in [0.717, 1.165) is 24.0 Å². The third-order valence-electron chi connectivity index (χ3n) is 3.23. The van der Waals surface area contributed by atoms with Gasteiger partial charge in [0.25, 0.3) is 0 Å². The molecule has 1 aliphatic rings. The highest BCUT2D eigenvalue weighted by Crippen LogP contribution is 2.50. The molecular weight excluding hydrogens is 202 g/mol. The summed E-state index contributed by atoms with van der Waals surface area (Å²) in [6.07, 6.45) is 1.25. The maximum Gasteiger partial charge on any atom is 0.126 e. The molecule has 0 amide bonds. The second-order valence-corrected chi connectivity index (χ2v) is 4.27. The topological polar surface area (TPSA) is 30.5 Å². The number of rotatable bonds is 5. The number of nitrogens with one attached hydrogen (secondary N) is 1. The van der Waals surface area contributed by atoms with Crippen LogP contribution in [0.1, 0.15) is 17.9 Å². The number of hydrogen-bond acceptors (Lipinski definition) is 3. The van der Waals surface area contributed by atoms with Gasteiger partial charge in [-0.25, -0.2) is 0 Å². The fraction of sp³-hybridized carbons (Fsp3) is 0.538. The van der Waals surface area contributed by atoms with Crippen LogP contribution in [-0.4, -0.2) is 27.8 Å². The van der Waals surface area contributed by atoms with Crippen LogP contribution >= 0.6 is 0 Å². The van der Waals surface area contributed by atoms with Crippen LogP contribution < -0.4 is 14.8 Å². The van der Waals surface area contributed by atoms with Crippen molar-refractivity contribution in [1.29, 1.82) is 0 Å². The van der Waals surface area contributed by atoms with Gasteiger partial charge in [0.15, 0.2) is 0 Å². The molecule has 2 atom stereocenters. The Labute approximate surface area is 96.8 Å². The van der Waals surface area contributed by atoms with Gasteiger partial charge in [0.2, 0.25) is 0 Å². The van der Waals surface area contributed by atoms with Gasteiger partial charge < -0.3 is 14.8 Å². The fourth-order valence-electron chi connectivity index (χ4n) is 2.24. The minimum absolute atomic E-state index is 0.647. The van der Waals surface area contributed by atoms with Crippen molar-refractivity contribution >= 4 is 0 Å². The zero-order valence-electron chi connectivity index (χ0n) is 10.1. The predicted octanol–water partition coefficient (Wildman–Crippen LogP) is 2.03. The van der Waals surface area contributed by atoms with Crippen LogP contribution in [0.15, 0.2) is 18.2 Å². The Balaban J connectivity index is 2.15. The van der Waals surface area contributed by atoms with E-state index < -0.39 is 0 Å². The van der Waals surface area contributed by atoms with E-state index in [9.17, 15) is 0 Å². The van der Waals surface area contributed by atoms with Gasteiger partial charge in [-0.3, -0.25) is 0 Å². The monoisotopic (exact) mass is 221 g/mol. The number of ether oxygens (including phenoxy) is 2. The molecule has 0 aliphatic heterocycles. The van der Waals surface area contributed by atoms with Crippen LogP contribution in [0.5, 0.6) is 11.5 Å². The molecule has 0 saturated heterocycles. The van der Waals surface area contributed by atoms with Crippen molar-refractivity contribution in [2.45, 2.75) is 12.3 Å². The van der Waals surface area contributed by atoms with E-state index in [0.29, 0.717) is 5.92 Å². The summed E-state index contributed by atoms with van der Waals surface area (Å²) >= 11 is 0. The standard InChI is InChI=1S/C13H19NO2/c1-14-8-9-6-12(9)11-5-4-10(15-2)7-13(11)16-3/h4-5,7,9,12,14H,6,8H2,1-3H3/t9-,12-/m0/s1. The van der Waals surface area contributed by atoms with Crippen molar-refractivity contribution in [2.75, 3.05) is 27.8 Å². The first-order valence-electron chi connectivity index (χ1n) is 5.66. The van der Waals surface area contributed by atoms with E-state index in [-0.39, 0.29) is 0 Å². The Morgan fingerprint density at radius 1 is 1.31 bits per heavy atom. The van der Waals surface area contributed by atoms with Gasteiger partial charge in [-0.15, -0.1) is 0 Å². The maximum absolute atomic E-state index is 5.42. The summed E-state index contributed by atoms with van der Waals surface area (Å²) in [7, 11) is 5.39. The summed E-state index contributed by atoms with van der Waals surface area (Å²) < 4.78 is 10.6. The van der Waals surface area contributed by atoms with Crippen LogP contribution in [0.2, 0.25) is 0 Å². The number of methoxy groups -OCH3 is 2. The molecule has 16 heavy (non-hydrogen) atoms. The Hall–Kier alpha value is -1.22. The lowest BCUT2D eigenvalue weighted by atomic mass is 10.1. The molecule has 1 N–H and O–H groups in total. The van der Waals surface area contributed by atoms with Crippen molar-refractivity contribution < 1.29 is 9.47 Å². The van der Waals surface area contributed by atoms with E-state index >= 15 is 0 Å². The molecule has 3 nitrogen and oxygen atoms in total. The summed E-state index contributed by atoms with van der Waals surface area (Å²) in [5, 5.41) is 3.22. The molecule has 0 bridgehead atoms. The molecule has 1 saturated carbocycles. The highest BCUT2D eigenvalue weighted by Gasteiger charge is 2.39. The molecule has 88 valence electrons. The van der Waals surface area contributed by atoms with E-state index in [1.807, 2.05) is 19.2 Å². The second kappa shape index (κ2) is 4.74. The zero-order chi connectivity index (χ0) is 11.5. The Bertz CT molecular complexity index is 365. The van der Waals surface area contributed by atoms with Crippen molar-refractivity contribution in [3.8, 4) is 11.5 Å². The molecule has 0 spiro atoms. The van der Waals surface area contributed by atoms with Crippen molar-refractivity contribution in [1.82, 2.24) is 5.32 Å². The predicted molar refractivity (Wildman–Crippen MR) is 64.3 cm³/mol. The molecule has 0 radical (unpaired) electrons. The Morgan fingerprint density at radius 3 is 2.75 bits per heavy atom. The third-order valence-corrected chi connectivity index (χ3v) is 3.23. The second-order valence-electron chi connectivity index (χ2n) is 4.27. The first-order valence-corrected chi connectivity index (χ1v) is 5.66. The fourth-order valence-corrected chi connectivity index (χ4v) is 2.24. The lowest BCUT2D eigenvalue weighted by Gasteiger charge is -2.10. The van der Waals surface area contributed by atoms with Gasteiger partial charge in [0.1, 0.15) is 11.5 Å². The Morgan fingerprint density at radius 2 is 2.12 bits per heavy atom. The molecule has 1 fully saturated rings. The zero-order valence-corrected chi connectivity index (χ0v) is 10.1. The lowest BCUT2D eigenvalue weighted by molar-refractivity contribution is 0.390. The first kappa shape index (κ1) is 11.3. The number of hydrogen-bond donors (Lipinski definition) is 1. The van der Waals surface area contributed by atoms with Crippen LogP contribution in [0.3, 0.4) is 0 Å². The maximum atomic E-state index is 5.42. The Kier molecular flexibility index (Phi) is 3.34. The smallest absolute Gasteiger partial charge is 0.126 e. The minimum atomic E-state index is 0.647. The molecule has 2 rings (SSSR count). The van der Waals surface area contributed by atoms with Gasteiger partial charge >= 0.3 is 0 Å². The van der Waals surface area contributed by atoms with E-state index in [1.54, 1.807) is 14.2 Å². The number of benzene rings is 1. The summed E-state index contributed by atoms with van der Waals surface area (Å²) in [6, 6.07) is 6.09. The largest absolute Gasteiger partial charge is 0.497 e. The van der Waals surface area contributed by atoms with E-state index in [1.165, 1.54) is 12.0 Å². The molecule has 1 aliphatic carbocycles. The van der Waals surface area contributed by atoms with Gasteiger partial charge in [-0.05, 0) is 43.5 Å². The van der Waals surface area contributed by atoms with Gasteiger partial charge in [0.05, 0.1) is 14.2 Å². The molecule has 0 aromatic heterocycles.